The van der Waals surface area contributed by atoms with Gasteiger partial charge in [0.1, 0.15) is 0 Å². The predicted molar refractivity (Wildman–Crippen MR) is 119 cm³/mol. The SMILES string of the molecule is CCOc1cccc(C2(CC)CC(CC)C3C(C2)C(CC)(CC)ON3C(C)C)n1. The molecular weight excluding hydrogens is 360 g/mol. The van der Waals surface area contributed by atoms with E-state index >= 15 is 0 Å². The lowest BCUT2D eigenvalue weighted by molar-refractivity contribution is -0.229. The van der Waals surface area contributed by atoms with Crippen LogP contribution in [0.25, 0.3) is 0 Å². The van der Waals surface area contributed by atoms with Crippen LogP contribution in [0.3, 0.4) is 0 Å². The van der Waals surface area contributed by atoms with Gasteiger partial charge < -0.3 is 4.74 Å². The van der Waals surface area contributed by atoms with Gasteiger partial charge in [0.25, 0.3) is 0 Å². The number of hydrogen-bond donors (Lipinski definition) is 0. The molecule has 1 aliphatic heterocycles. The van der Waals surface area contributed by atoms with E-state index in [1.807, 2.05) is 13.0 Å². The zero-order valence-electron chi connectivity index (χ0n) is 19.7. The van der Waals surface area contributed by atoms with Crippen molar-refractivity contribution in [2.24, 2.45) is 11.8 Å². The fourth-order valence-electron chi connectivity index (χ4n) is 6.15. The van der Waals surface area contributed by atoms with Crippen molar-refractivity contribution in [2.45, 2.75) is 110 Å². The van der Waals surface area contributed by atoms with Crippen LogP contribution in [-0.4, -0.2) is 34.3 Å². The summed E-state index contributed by atoms with van der Waals surface area (Å²) in [7, 11) is 0. The van der Waals surface area contributed by atoms with Gasteiger partial charge in [-0.25, -0.2) is 4.98 Å². The van der Waals surface area contributed by atoms with Crippen molar-refractivity contribution in [1.29, 1.82) is 0 Å². The quantitative estimate of drug-likeness (QED) is 0.522. The van der Waals surface area contributed by atoms with Crippen molar-refractivity contribution in [3.05, 3.63) is 23.9 Å². The van der Waals surface area contributed by atoms with Crippen molar-refractivity contribution in [1.82, 2.24) is 10.0 Å². The summed E-state index contributed by atoms with van der Waals surface area (Å²) in [5.74, 6) is 1.92. The molecule has 1 aliphatic carbocycles. The Morgan fingerprint density at radius 3 is 2.38 bits per heavy atom. The maximum Gasteiger partial charge on any atom is 0.213 e. The summed E-state index contributed by atoms with van der Waals surface area (Å²) in [6.07, 6.45) is 6.76. The van der Waals surface area contributed by atoms with Crippen LogP contribution in [-0.2, 0) is 10.3 Å². The lowest BCUT2D eigenvalue weighted by Crippen LogP contribution is -2.52. The van der Waals surface area contributed by atoms with Gasteiger partial charge >= 0.3 is 0 Å². The molecule has 1 aromatic heterocycles. The van der Waals surface area contributed by atoms with E-state index in [1.165, 1.54) is 18.5 Å². The Kier molecular flexibility index (Phi) is 6.95. The zero-order chi connectivity index (χ0) is 21.2. The lowest BCUT2D eigenvalue weighted by Gasteiger charge is -2.49. The van der Waals surface area contributed by atoms with Gasteiger partial charge in [0.15, 0.2) is 0 Å². The molecule has 29 heavy (non-hydrogen) atoms. The largest absolute Gasteiger partial charge is 0.478 e. The monoisotopic (exact) mass is 402 g/mol. The summed E-state index contributed by atoms with van der Waals surface area (Å²) >= 11 is 0. The second kappa shape index (κ2) is 8.93. The molecule has 4 unspecified atom stereocenters. The maximum atomic E-state index is 6.81. The Morgan fingerprint density at radius 2 is 1.83 bits per heavy atom. The number of aromatic nitrogens is 1. The summed E-state index contributed by atoms with van der Waals surface area (Å²) in [6, 6.07) is 7.26. The van der Waals surface area contributed by atoms with Crippen LogP contribution in [0, 0.1) is 11.8 Å². The maximum absolute atomic E-state index is 6.81. The summed E-state index contributed by atoms with van der Waals surface area (Å²) in [5.41, 5.74) is 1.26. The van der Waals surface area contributed by atoms with Crippen molar-refractivity contribution in [3.8, 4) is 5.88 Å². The van der Waals surface area contributed by atoms with Crippen LogP contribution in [0.4, 0.5) is 0 Å². The molecule has 4 atom stereocenters. The highest BCUT2D eigenvalue weighted by atomic mass is 16.7. The van der Waals surface area contributed by atoms with Gasteiger partial charge in [-0.15, -0.1) is 0 Å². The first-order valence-electron chi connectivity index (χ1n) is 12.0. The average molecular weight is 403 g/mol. The van der Waals surface area contributed by atoms with Gasteiger partial charge in [0.2, 0.25) is 5.88 Å². The molecule has 1 aromatic rings. The minimum absolute atomic E-state index is 0.0548. The molecule has 0 amide bonds. The topological polar surface area (TPSA) is 34.6 Å². The van der Waals surface area contributed by atoms with Gasteiger partial charge in [-0.3, -0.25) is 4.84 Å². The molecule has 4 heteroatoms. The number of hydroxylamine groups is 2. The average Bonchev–Trinajstić information content (AvgIpc) is 3.08. The molecule has 0 N–H and O–H groups in total. The molecule has 0 spiro atoms. The van der Waals surface area contributed by atoms with E-state index in [0.717, 1.165) is 31.6 Å². The predicted octanol–water partition coefficient (Wildman–Crippen LogP) is 6.15. The lowest BCUT2D eigenvalue weighted by atomic mass is 9.56. The highest BCUT2D eigenvalue weighted by molar-refractivity contribution is 5.26. The zero-order valence-corrected chi connectivity index (χ0v) is 19.7. The molecule has 1 saturated carbocycles. The Labute approximate surface area is 178 Å². The molecule has 0 aromatic carbocycles. The van der Waals surface area contributed by atoms with Crippen LogP contribution in [0.15, 0.2) is 18.2 Å². The van der Waals surface area contributed by atoms with Crippen LogP contribution < -0.4 is 4.74 Å². The van der Waals surface area contributed by atoms with E-state index in [9.17, 15) is 0 Å². The minimum atomic E-state index is -0.0548. The smallest absolute Gasteiger partial charge is 0.213 e. The standard InChI is InChI=1S/C25H42N2O2/c1-8-19-16-24(9-2,21-14-13-15-22(26-21)28-12-5)17-20-23(19)27(18(6)7)29-25(20,10-3)11-4/h13-15,18-20,23H,8-12,16-17H2,1-7H3. The second-order valence-electron chi connectivity index (χ2n) is 9.42. The molecule has 1 saturated heterocycles. The van der Waals surface area contributed by atoms with Gasteiger partial charge in [0, 0.05) is 29.5 Å². The van der Waals surface area contributed by atoms with E-state index in [4.69, 9.17) is 14.6 Å². The van der Waals surface area contributed by atoms with Crippen molar-refractivity contribution in [3.63, 3.8) is 0 Å². The number of fused-ring (bicyclic) bond motifs is 1. The minimum Gasteiger partial charge on any atom is -0.478 e. The third-order valence-corrected chi connectivity index (χ3v) is 7.88. The fraction of sp³-hybridized carbons (Fsp3) is 0.800. The van der Waals surface area contributed by atoms with E-state index in [-0.39, 0.29) is 11.0 Å². The number of hydrogen-bond acceptors (Lipinski definition) is 4. The summed E-state index contributed by atoms with van der Waals surface area (Å²) < 4.78 is 5.75. The second-order valence-corrected chi connectivity index (χ2v) is 9.42. The van der Waals surface area contributed by atoms with E-state index in [1.54, 1.807) is 0 Å². The molecule has 2 fully saturated rings. The van der Waals surface area contributed by atoms with Crippen molar-refractivity contribution < 1.29 is 9.57 Å². The van der Waals surface area contributed by atoms with Crippen LogP contribution in [0.2, 0.25) is 0 Å². The van der Waals surface area contributed by atoms with E-state index in [0.29, 0.717) is 30.5 Å². The number of rotatable bonds is 8. The van der Waals surface area contributed by atoms with Crippen LogP contribution >= 0.6 is 0 Å². The Bertz CT molecular complexity index is 673. The molecule has 2 aliphatic rings. The van der Waals surface area contributed by atoms with Gasteiger partial charge in [-0.1, -0.05) is 40.2 Å². The molecule has 3 rings (SSSR count). The van der Waals surface area contributed by atoms with Crippen molar-refractivity contribution >= 4 is 0 Å². The normalized spacial score (nSPS) is 31.8. The third-order valence-electron chi connectivity index (χ3n) is 7.88. The first-order chi connectivity index (χ1) is 13.9. The first kappa shape index (κ1) is 22.6. The van der Waals surface area contributed by atoms with E-state index in [2.05, 4.69) is 58.7 Å². The number of ether oxygens (including phenoxy) is 1. The van der Waals surface area contributed by atoms with E-state index < -0.39 is 0 Å². The molecule has 2 heterocycles. The Hall–Kier alpha value is -1.13. The number of nitrogens with zero attached hydrogens (tertiary/aromatic N) is 2. The highest BCUT2D eigenvalue weighted by Gasteiger charge is 2.60. The van der Waals surface area contributed by atoms with Gasteiger partial charge in [-0.05, 0) is 64.9 Å². The summed E-state index contributed by atoms with van der Waals surface area (Å²) in [6.45, 7) is 16.5. The molecular formula is C25H42N2O2. The molecule has 164 valence electrons. The molecule has 0 radical (unpaired) electrons. The third kappa shape index (κ3) is 3.83. The van der Waals surface area contributed by atoms with Crippen LogP contribution in [0.5, 0.6) is 5.88 Å². The first-order valence-corrected chi connectivity index (χ1v) is 12.0. The summed E-state index contributed by atoms with van der Waals surface area (Å²) in [5, 5.41) is 2.37. The fourth-order valence-corrected chi connectivity index (χ4v) is 6.15. The summed E-state index contributed by atoms with van der Waals surface area (Å²) in [4.78, 5) is 11.8. The molecule has 4 nitrogen and oxygen atoms in total. The van der Waals surface area contributed by atoms with Gasteiger partial charge in [-0.2, -0.15) is 5.06 Å². The highest BCUT2D eigenvalue weighted by Crippen LogP contribution is 2.57. The Morgan fingerprint density at radius 1 is 1.10 bits per heavy atom. The van der Waals surface area contributed by atoms with Gasteiger partial charge in [0.05, 0.1) is 17.9 Å². The van der Waals surface area contributed by atoms with Crippen LogP contribution in [0.1, 0.15) is 92.7 Å². The molecule has 0 bridgehead atoms. The Balaban J connectivity index is 2.06. The number of pyridine rings is 1. The van der Waals surface area contributed by atoms with Crippen molar-refractivity contribution in [2.75, 3.05) is 6.61 Å².